The van der Waals surface area contributed by atoms with Gasteiger partial charge in [-0.25, -0.2) is 4.98 Å². The molecule has 1 aromatic heterocycles. The molecule has 8 nitrogen and oxygen atoms in total. The number of nitrogens with one attached hydrogen (secondary N) is 1. The fraction of sp³-hybridized carbons (Fsp3) is 0. The van der Waals surface area contributed by atoms with Crippen LogP contribution in [0.3, 0.4) is 0 Å². The van der Waals surface area contributed by atoms with E-state index >= 15 is 0 Å². The summed E-state index contributed by atoms with van der Waals surface area (Å²) in [5.74, 6) is 0.261. The number of nitro groups is 1. The molecule has 29 heavy (non-hydrogen) atoms. The second-order valence-corrected chi connectivity index (χ2v) is 7.17. The van der Waals surface area contributed by atoms with Crippen LogP contribution in [0.25, 0.3) is 22.0 Å². The van der Waals surface area contributed by atoms with Crippen LogP contribution >= 0.6 is 15.9 Å². The first kappa shape index (κ1) is 18.6. The van der Waals surface area contributed by atoms with Gasteiger partial charge >= 0.3 is 5.69 Å². The Labute approximate surface area is 173 Å². The van der Waals surface area contributed by atoms with E-state index in [9.17, 15) is 15.2 Å². The summed E-state index contributed by atoms with van der Waals surface area (Å²) in [7, 11) is 0. The quantitative estimate of drug-likeness (QED) is 0.294. The van der Waals surface area contributed by atoms with Crippen LogP contribution in [0.4, 0.5) is 23.1 Å². The van der Waals surface area contributed by atoms with Crippen molar-refractivity contribution in [3.63, 3.8) is 0 Å². The second-order valence-electron chi connectivity index (χ2n) is 6.26. The number of nitrogens with two attached hydrogens (primary N) is 1. The number of hydrogen-bond acceptors (Lipinski definition) is 7. The lowest BCUT2D eigenvalue weighted by Gasteiger charge is -2.11. The van der Waals surface area contributed by atoms with E-state index in [1.54, 1.807) is 18.2 Å². The fourth-order valence-corrected chi connectivity index (χ4v) is 3.37. The topological polar surface area (TPSA) is 127 Å². The van der Waals surface area contributed by atoms with Crippen molar-refractivity contribution >= 4 is 50.0 Å². The predicted molar refractivity (Wildman–Crippen MR) is 115 cm³/mol. The molecule has 1 heterocycles. The van der Waals surface area contributed by atoms with Crippen molar-refractivity contribution in [2.24, 2.45) is 0 Å². The van der Waals surface area contributed by atoms with Gasteiger partial charge in [-0.15, -0.1) is 0 Å². The van der Waals surface area contributed by atoms with Crippen LogP contribution in [0, 0.1) is 10.1 Å². The lowest BCUT2D eigenvalue weighted by molar-refractivity contribution is -0.385. The van der Waals surface area contributed by atoms with Crippen LogP contribution in [0.2, 0.25) is 0 Å². The normalized spacial score (nSPS) is 10.8. The number of nitro benzene ring substituents is 1. The maximum absolute atomic E-state index is 11.1. The molecule has 0 radical (unpaired) electrons. The molecule has 0 atom stereocenters. The van der Waals surface area contributed by atoms with E-state index in [-0.39, 0.29) is 17.4 Å². The van der Waals surface area contributed by atoms with Crippen molar-refractivity contribution in [1.82, 2.24) is 9.97 Å². The van der Waals surface area contributed by atoms with Gasteiger partial charge in [-0.2, -0.15) is 4.98 Å². The standard InChI is InChI=1S/C20H14BrN5O3/c21-13-2-1-3-14(10-13)23-19-15-8-11(4-6-16(15)24-20(22)25-19)12-5-7-18(27)17(9-12)26(28)29/h1-10,27H,(H3,22,23,24,25). The molecule has 0 saturated heterocycles. The summed E-state index contributed by atoms with van der Waals surface area (Å²) in [6.45, 7) is 0. The summed E-state index contributed by atoms with van der Waals surface area (Å²) >= 11 is 3.43. The van der Waals surface area contributed by atoms with Crippen LogP contribution in [0.15, 0.2) is 65.1 Å². The van der Waals surface area contributed by atoms with Gasteiger partial charge < -0.3 is 16.2 Å². The Morgan fingerprint density at radius 3 is 2.55 bits per heavy atom. The number of nitrogens with zero attached hydrogens (tertiary/aromatic N) is 3. The first-order valence-electron chi connectivity index (χ1n) is 8.48. The average Bonchev–Trinajstić information content (AvgIpc) is 2.68. The molecule has 0 saturated carbocycles. The number of aromatic hydroxyl groups is 1. The van der Waals surface area contributed by atoms with Crippen LogP contribution in [0.1, 0.15) is 0 Å². The minimum absolute atomic E-state index is 0.128. The Balaban J connectivity index is 1.84. The molecule has 9 heteroatoms. The zero-order valence-electron chi connectivity index (χ0n) is 14.8. The maximum atomic E-state index is 11.1. The summed E-state index contributed by atoms with van der Waals surface area (Å²) < 4.78 is 0.908. The van der Waals surface area contributed by atoms with Crippen molar-refractivity contribution in [3.8, 4) is 16.9 Å². The number of phenolic OH excluding ortho intramolecular Hbond substituents is 1. The van der Waals surface area contributed by atoms with Gasteiger partial charge in [-0.05, 0) is 47.5 Å². The molecule has 4 N–H and O–H groups in total. The number of rotatable bonds is 4. The minimum Gasteiger partial charge on any atom is -0.502 e. The first-order chi connectivity index (χ1) is 13.9. The summed E-state index contributed by atoms with van der Waals surface area (Å²) in [6, 6.07) is 17.2. The largest absolute Gasteiger partial charge is 0.502 e. The Bertz CT molecular complexity index is 1260. The number of hydrogen-bond donors (Lipinski definition) is 3. The third-order valence-electron chi connectivity index (χ3n) is 4.31. The summed E-state index contributed by atoms with van der Waals surface area (Å²) in [4.78, 5) is 19.1. The highest BCUT2D eigenvalue weighted by atomic mass is 79.9. The van der Waals surface area contributed by atoms with Crippen molar-refractivity contribution in [3.05, 3.63) is 75.3 Å². The van der Waals surface area contributed by atoms with Gasteiger partial charge in [-0.3, -0.25) is 10.1 Å². The number of halogens is 1. The molecule has 0 aliphatic carbocycles. The lowest BCUT2D eigenvalue weighted by Crippen LogP contribution is -2.01. The van der Waals surface area contributed by atoms with E-state index in [0.717, 1.165) is 10.2 Å². The van der Waals surface area contributed by atoms with E-state index in [1.165, 1.54) is 12.1 Å². The van der Waals surface area contributed by atoms with Gasteiger partial charge in [0.05, 0.1) is 10.4 Å². The third-order valence-corrected chi connectivity index (χ3v) is 4.80. The second kappa shape index (κ2) is 7.36. The fourth-order valence-electron chi connectivity index (χ4n) is 2.97. The molecular formula is C20H14BrN5O3. The smallest absolute Gasteiger partial charge is 0.311 e. The monoisotopic (exact) mass is 451 g/mol. The van der Waals surface area contributed by atoms with Gasteiger partial charge in [0.2, 0.25) is 5.95 Å². The highest BCUT2D eigenvalue weighted by molar-refractivity contribution is 9.10. The Hall–Kier alpha value is -3.72. The molecule has 4 aromatic rings. The zero-order valence-corrected chi connectivity index (χ0v) is 16.4. The van der Waals surface area contributed by atoms with Crippen LogP contribution in [0.5, 0.6) is 5.75 Å². The maximum Gasteiger partial charge on any atom is 0.311 e. The van der Waals surface area contributed by atoms with Gasteiger partial charge in [0.1, 0.15) is 5.82 Å². The number of fused-ring (bicyclic) bond motifs is 1. The van der Waals surface area contributed by atoms with E-state index in [1.807, 2.05) is 30.3 Å². The summed E-state index contributed by atoms with van der Waals surface area (Å²) in [5, 5.41) is 24.8. The van der Waals surface area contributed by atoms with Crippen LogP contribution in [-0.4, -0.2) is 20.0 Å². The molecule has 0 unspecified atom stereocenters. The number of aromatic nitrogens is 2. The molecule has 0 aliphatic rings. The number of anilines is 3. The molecule has 144 valence electrons. The van der Waals surface area contributed by atoms with Crippen molar-refractivity contribution < 1.29 is 10.0 Å². The molecule has 0 aliphatic heterocycles. The molecule has 0 fully saturated rings. The average molecular weight is 452 g/mol. The number of benzene rings is 3. The lowest BCUT2D eigenvalue weighted by atomic mass is 10.0. The molecule has 0 bridgehead atoms. The van der Waals surface area contributed by atoms with Crippen molar-refractivity contribution in [2.75, 3.05) is 11.1 Å². The molecule has 0 spiro atoms. The number of nitrogen functional groups attached to an aromatic ring is 1. The Kier molecular flexibility index (Phi) is 4.73. The minimum atomic E-state index is -0.621. The highest BCUT2D eigenvalue weighted by Crippen LogP contribution is 2.34. The van der Waals surface area contributed by atoms with E-state index < -0.39 is 4.92 Å². The highest BCUT2D eigenvalue weighted by Gasteiger charge is 2.15. The SMILES string of the molecule is Nc1nc(Nc2cccc(Br)c2)c2cc(-c3ccc(O)c([N+](=O)[O-])c3)ccc2n1. The first-order valence-corrected chi connectivity index (χ1v) is 9.27. The summed E-state index contributed by atoms with van der Waals surface area (Å²) in [5.41, 5.74) is 8.24. The van der Waals surface area contributed by atoms with Crippen molar-refractivity contribution in [2.45, 2.75) is 0 Å². The summed E-state index contributed by atoms with van der Waals surface area (Å²) in [6.07, 6.45) is 0. The Morgan fingerprint density at radius 1 is 1.03 bits per heavy atom. The predicted octanol–water partition coefficient (Wildman–Crippen LogP) is 5.00. The van der Waals surface area contributed by atoms with E-state index in [4.69, 9.17) is 5.73 Å². The molecule has 3 aromatic carbocycles. The van der Waals surface area contributed by atoms with Gasteiger partial charge in [0.25, 0.3) is 0 Å². The molecule has 0 amide bonds. The van der Waals surface area contributed by atoms with E-state index in [2.05, 4.69) is 31.2 Å². The Morgan fingerprint density at radius 2 is 1.79 bits per heavy atom. The molecule has 4 rings (SSSR count). The van der Waals surface area contributed by atoms with E-state index in [0.29, 0.717) is 27.8 Å². The van der Waals surface area contributed by atoms with Gasteiger partial charge in [0.15, 0.2) is 5.75 Å². The zero-order chi connectivity index (χ0) is 20.5. The van der Waals surface area contributed by atoms with Crippen LogP contribution in [-0.2, 0) is 0 Å². The molecular weight excluding hydrogens is 438 g/mol. The van der Waals surface area contributed by atoms with Gasteiger partial charge in [0, 0.05) is 21.6 Å². The van der Waals surface area contributed by atoms with Crippen LogP contribution < -0.4 is 11.1 Å². The number of phenols is 1. The van der Waals surface area contributed by atoms with Gasteiger partial charge in [-0.1, -0.05) is 34.1 Å². The third kappa shape index (κ3) is 3.81. The van der Waals surface area contributed by atoms with Crippen molar-refractivity contribution in [1.29, 1.82) is 0 Å².